The first-order valence-corrected chi connectivity index (χ1v) is 11.0. The number of anilines is 1. The fourth-order valence-electron chi connectivity index (χ4n) is 3.68. The van der Waals surface area contributed by atoms with Crippen molar-refractivity contribution in [3.8, 4) is 0 Å². The van der Waals surface area contributed by atoms with Gasteiger partial charge in [-0.15, -0.1) is 23.1 Å². The minimum absolute atomic E-state index is 0.0663. The van der Waals surface area contributed by atoms with E-state index in [0.717, 1.165) is 27.4 Å². The Morgan fingerprint density at radius 2 is 2.30 bits per heavy atom. The summed E-state index contributed by atoms with van der Waals surface area (Å²) in [5.74, 6) is 0.540. The van der Waals surface area contributed by atoms with Crippen molar-refractivity contribution in [2.75, 3.05) is 11.1 Å². The fourth-order valence-corrected chi connectivity index (χ4v) is 6.15. The lowest BCUT2D eigenvalue weighted by molar-refractivity contribution is -0.135. The third kappa shape index (κ3) is 3.48. The summed E-state index contributed by atoms with van der Waals surface area (Å²) in [5, 5.41) is 4.22. The van der Waals surface area contributed by atoms with Gasteiger partial charge in [0.2, 0.25) is 11.8 Å². The number of aryl methyl sites for hydroxylation is 1. The molecule has 2 aliphatic heterocycles. The van der Waals surface area contributed by atoms with E-state index in [9.17, 15) is 9.59 Å². The van der Waals surface area contributed by atoms with E-state index in [2.05, 4.69) is 10.3 Å². The number of thioether (sulfide) groups is 1. The molecule has 4 rings (SSSR count). The van der Waals surface area contributed by atoms with Crippen LogP contribution in [0, 0.1) is 6.92 Å². The lowest BCUT2D eigenvalue weighted by atomic mass is 10.1. The highest BCUT2D eigenvalue weighted by atomic mass is 35.5. The van der Waals surface area contributed by atoms with Crippen LogP contribution in [0.2, 0.25) is 5.02 Å². The highest BCUT2D eigenvalue weighted by molar-refractivity contribution is 8.01. The van der Waals surface area contributed by atoms with E-state index in [1.54, 1.807) is 22.9 Å². The number of amides is 2. The van der Waals surface area contributed by atoms with Crippen LogP contribution < -0.4 is 5.32 Å². The summed E-state index contributed by atoms with van der Waals surface area (Å²) in [6.45, 7) is 4.03. The van der Waals surface area contributed by atoms with Gasteiger partial charge < -0.3 is 10.2 Å². The van der Waals surface area contributed by atoms with Crippen molar-refractivity contribution in [2.45, 2.75) is 44.0 Å². The first kappa shape index (κ1) is 18.8. The van der Waals surface area contributed by atoms with E-state index < -0.39 is 6.04 Å². The molecule has 2 aliphatic rings. The molecule has 27 heavy (non-hydrogen) atoms. The second-order valence-electron chi connectivity index (χ2n) is 7.11. The van der Waals surface area contributed by atoms with Gasteiger partial charge in [0.15, 0.2) is 5.13 Å². The number of carbonyl (C=O) groups is 2. The molecular formula is C19H20ClN3O2S2. The Morgan fingerprint density at radius 3 is 3.11 bits per heavy atom. The molecule has 2 unspecified atom stereocenters. The maximum absolute atomic E-state index is 12.7. The van der Waals surface area contributed by atoms with Crippen LogP contribution in [0.1, 0.15) is 35.8 Å². The Morgan fingerprint density at radius 1 is 1.48 bits per heavy atom. The van der Waals surface area contributed by atoms with Crippen molar-refractivity contribution < 1.29 is 9.59 Å². The van der Waals surface area contributed by atoms with Crippen LogP contribution in [0.4, 0.5) is 5.13 Å². The van der Waals surface area contributed by atoms with Crippen LogP contribution in [0.3, 0.4) is 0 Å². The number of benzene rings is 1. The topological polar surface area (TPSA) is 62.3 Å². The van der Waals surface area contributed by atoms with Gasteiger partial charge in [0.25, 0.3) is 0 Å². The minimum atomic E-state index is -0.423. The summed E-state index contributed by atoms with van der Waals surface area (Å²) in [6, 6.07) is 5.55. The Hall–Kier alpha value is -1.57. The van der Waals surface area contributed by atoms with Crippen LogP contribution in [-0.2, 0) is 16.0 Å². The second-order valence-corrected chi connectivity index (χ2v) is 10.1. The SMILES string of the molecule is Cc1cccc(Cc2cnc(NC(=O)C3CSC4(C)CCC(=O)N34)s2)c1Cl. The smallest absolute Gasteiger partial charge is 0.249 e. The zero-order valence-corrected chi connectivity index (χ0v) is 17.5. The van der Waals surface area contributed by atoms with Gasteiger partial charge in [-0.2, -0.15) is 0 Å². The van der Waals surface area contributed by atoms with Gasteiger partial charge in [0, 0.05) is 34.7 Å². The lowest BCUT2D eigenvalue weighted by Crippen LogP contribution is -2.48. The molecule has 2 fully saturated rings. The summed E-state index contributed by atoms with van der Waals surface area (Å²) in [6.07, 6.45) is 3.77. The number of rotatable bonds is 4. The number of aromatic nitrogens is 1. The molecule has 0 radical (unpaired) electrons. The average molecular weight is 422 g/mol. The van der Waals surface area contributed by atoms with Crippen LogP contribution in [0.15, 0.2) is 24.4 Å². The molecule has 1 aromatic heterocycles. The van der Waals surface area contributed by atoms with E-state index in [1.165, 1.54) is 11.3 Å². The largest absolute Gasteiger partial charge is 0.315 e. The molecule has 3 heterocycles. The molecule has 2 amide bonds. The molecule has 1 N–H and O–H groups in total. The molecule has 0 aliphatic carbocycles. The van der Waals surface area contributed by atoms with Gasteiger partial charge in [-0.3, -0.25) is 9.59 Å². The van der Waals surface area contributed by atoms with Gasteiger partial charge >= 0.3 is 0 Å². The Labute approximate surface area is 171 Å². The molecule has 2 saturated heterocycles. The number of fused-ring (bicyclic) bond motifs is 1. The van der Waals surface area contributed by atoms with Gasteiger partial charge in [-0.1, -0.05) is 29.8 Å². The fraction of sp³-hybridized carbons (Fsp3) is 0.421. The van der Waals surface area contributed by atoms with Crippen molar-refractivity contribution in [3.63, 3.8) is 0 Å². The summed E-state index contributed by atoms with van der Waals surface area (Å²) in [7, 11) is 0. The molecule has 2 aromatic rings. The Kier molecular flexibility index (Phi) is 4.94. The number of nitrogens with zero attached hydrogens (tertiary/aromatic N) is 2. The molecule has 0 saturated carbocycles. The summed E-state index contributed by atoms with van der Waals surface area (Å²) in [5.41, 5.74) is 2.09. The highest BCUT2D eigenvalue weighted by Crippen LogP contribution is 2.47. The molecule has 8 heteroatoms. The van der Waals surface area contributed by atoms with Crippen LogP contribution in [-0.4, -0.2) is 38.4 Å². The van der Waals surface area contributed by atoms with E-state index in [1.807, 2.05) is 32.0 Å². The van der Waals surface area contributed by atoms with Crippen LogP contribution in [0.5, 0.6) is 0 Å². The molecule has 1 aromatic carbocycles. The Balaban J connectivity index is 1.44. The number of nitrogens with one attached hydrogen (secondary N) is 1. The van der Waals surface area contributed by atoms with E-state index in [0.29, 0.717) is 23.7 Å². The summed E-state index contributed by atoms with van der Waals surface area (Å²) >= 11 is 9.50. The average Bonchev–Trinajstić information content (AvgIpc) is 3.28. The van der Waals surface area contributed by atoms with Crippen molar-refractivity contribution in [1.29, 1.82) is 0 Å². The van der Waals surface area contributed by atoms with Crippen LogP contribution in [0.25, 0.3) is 0 Å². The third-order valence-electron chi connectivity index (χ3n) is 5.17. The number of carbonyl (C=O) groups excluding carboxylic acids is 2. The van der Waals surface area contributed by atoms with Crippen molar-refractivity contribution in [3.05, 3.63) is 45.4 Å². The summed E-state index contributed by atoms with van der Waals surface area (Å²) < 4.78 is 0. The minimum Gasteiger partial charge on any atom is -0.315 e. The van der Waals surface area contributed by atoms with Gasteiger partial charge in [0.1, 0.15) is 6.04 Å². The first-order chi connectivity index (χ1) is 12.9. The molecule has 5 nitrogen and oxygen atoms in total. The number of hydrogen-bond acceptors (Lipinski definition) is 5. The number of hydrogen-bond donors (Lipinski definition) is 1. The number of halogens is 1. The quantitative estimate of drug-likeness (QED) is 0.807. The molecule has 2 atom stereocenters. The second kappa shape index (κ2) is 7.11. The lowest BCUT2D eigenvalue weighted by Gasteiger charge is -2.29. The van der Waals surface area contributed by atoms with Crippen molar-refractivity contribution in [2.24, 2.45) is 0 Å². The zero-order valence-electron chi connectivity index (χ0n) is 15.1. The number of thiazole rings is 1. The van der Waals surface area contributed by atoms with Gasteiger partial charge in [0.05, 0.1) is 4.87 Å². The van der Waals surface area contributed by atoms with E-state index >= 15 is 0 Å². The normalized spacial score (nSPS) is 24.3. The first-order valence-electron chi connectivity index (χ1n) is 8.83. The molecule has 0 bridgehead atoms. The van der Waals surface area contributed by atoms with Crippen molar-refractivity contribution in [1.82, 2.24) is 9.88 Å². The zero-order chi connectivity index (χ0) is 19.2. The van der Waals surface area contributed by atoms with Gasteiger partial charge in [-0.05, 0) is 31.4 Å². The third-order valence-corrected chi connectivity index (χ3v) is 8.13. The standard InChI is InChI=1S/C19H20ClN3O2S2/c1-11-4-3-5-12(16(11)20)8-13-9-21-18(27-13)22-17(25)14-10-26-19(2)7-6-15(24)23(14)19/h3-5,9,14H,6-8,10H2,1-2H3,(H,21,22,25). The molecule has 0 spiro atoms. The maximum Gasteiger partial charge on any atom is 0.249 e. The van der Waals surface area contributed by atoms with Gasteiger partial charge in [-0.25, -0.2) is 4.98 Å². The predicted octanol–water partition coefficient (Wildman–Crippen LogP) is 4.09. The Bertz CT molecular complexity index is 916. The predicted molar refractivity (Wildman–Crippen MR) is 110 cm³/mol. The maximum atomic E-state index is 12.7. The van der Waals surface area contributed by atoms with Crippen molar-refractivity contribution >= 4 is 51.6 Å². The van der Waals surface area contributed by atoms with E-state index in [4.69, 9.17) is 11.6 Å². The molecule has 142 valence electrons. The van der Waals surface area contributed by atoms with Crippen LogP contribution >= 0.6 is 34.7 Å². The highest BCUT2D eigenvalue weighted by Gasteiger charge is 2.52. The summed E-state index contributed by atoms with van der Waals surface area (Å²) in [4.78, 5) is 31.8. The van der Waals surface area contributed by atoms with E-state index in [-0.39, 0.29) is 16.7 Å². The molecular weight excluding hydrogens is 402 g/mol. The monoisotopic (exact) mass is 421 g/mol.